The second-order valence-corrected chi connectivity index (χ2v) is 7.00. The third-order valence-electron chi connectivity index (χ3n) is 4.47. The van der Waals surface area contributed by atoms with E-state index < -0.39 is 0 Å². The number of hydrazone groups is 1. The van der Waals surface area contributed by atoms with Crippen molar-refractivity contribution in [3.63, 3.8) is 0 Å². The summed E-state index contributed by atoms with van der Waals surface area (Å²) in [5, 5.41) is 16.0. The Hall–Kier alpha value is -3.34. The van der Waals surface area contributed by atoms with Crippen LogP contribution in [0.4, 0.5) is 0 Å². The van der Waals surface area contributed by atoms with Crippen molar-refractivity contribution in [1.82, 2.24) is 5.43 Å². The van der Waals surface area contributed by atoms with Crippen molar-refractivity contribution in [2.45, 2.75) is 26.7 Å². The maximum absolute atomic E-state index is 12.1. The number of rotatable bonds is 6. The van der Waals surface area contributed by atoms with E-state index in [1.54, 1.807) is 6.07 Å². The molecule has 5 nitrogen and oxygen atoms in total. The van der Waals surface area contributed by atoms with Gasteiger partial charge in [0.05, 0.1) is 6.21 Å². The monoisotopic (exact) mass is 376 g/mol. The van der Waals surface area contributed by atoms with Gasteiger partial charge in [0.1, 0.15) is 11.5 Å². The number of hydrogen-bond donors (Lipinski definition) is 2. The van der Waals surface area contributed by atoms with Crippen LogP contribution < -0.4 is 10.2 Å². The first-order chi connectivity index (χ1) is 13.5. The van der Waals surface area contributed by atoms with Crippen molar-refractivity contribution < 1.29 is 14.6 Å². The second-order valence-electron chi connectivity index (χ2n) is 7.00. The average Bonchev–Trinajstić information content (AvgIpc) is 2.68. The summed E-state index contributed by atoms with van der Waals surface area (Å²) in [6.45, 7) is 6.01. The number of aromatic hydroxyl groups is 1. The fourth-order valence-electron chi connectivity index (χ4n) is 2.97. The number of ether oxygens (including phenoxy) is 1. The number of nitrogens with zero attached hydrogens (tertiary/aromatic N) is 1. The topological polar surface area (TPSA) is 70.9 Å². The summed E-state index contributed by atoms with van der Waals surface area (Å²) in [7, 11) is 0. The van der Waals surface area contributed by atoms with Crippen LogP contribution in [0.2, 0.25) is 0 Å². The zero-order chi connectivity index (χ0) is 20.1. The fourth-order valence-corrected chi connectivity index (χ4v) is 2.97. The minimum Gasteiger partial charge on any atom is -0.507 e. The molecule has 0 bridgehead atoms. The predicted octanol–water partition coefficient (Wildman–Crippen LogP) is 4.51. The molecule has 1 amide bonds. The highest BCUT2D eigenvalue weighted by molar-refractivity contribution is 5.97. The van der Waals surface area contributed by atoms with Crippen molar-refractivity contribution in [2.75, 3.05) is 6.61 Å². The zero-order valence-electron chi connectivity index (χ0n) is 16.3. The largest absolute Gasteiger partial charge is 0.507 e. The van der Waals surface area contributed by atoms with Crippen molar-refractivity contribution in [3.05, 3.63) is 71.3 Å². The Kier molecular flexibility index (Phi) is 5.94. The van der Waals surface area contributed by atoms with E-state index in [1.165, 1.54) is 6.21 Å². The predicted molar refractivity (Wildman–Crippen MR) is 112 cm³/mol. The summed E-state index contributed by atoms with van der Waals surface area (Å²) in [5.74, 6) is 0.773. The van der Waals surface area contributed by atoms with Crippen LogP contribution in [-0.4, -0.2) is 23.8 Å². The second kappa shape index (κ2) is 8.57. The van der Waals surface area contributed by atoms with Gasteiger partial charge in [0, 0.05) is 10.9 Å². The lowest BCUT2D eigenvalue weighted by atomic mass is 10.0. The van der Waals surface area contributed by atoms with Crippen LogP contribution in [0.1, 0.15) is 36.5 Å². The molecule has 0 atom stereocenters. The molecule has 0 unspecified atom stereocenters. The first-order valence-electron chi connectivity index (χ1n) is 9.21. The Bertz CT molecular complexity index is 1030. The number of hydrogen-bond acceptors (Lipinski definition) is 4. The van der Waals surface area contributed by atoms with Crippen LogP contribution in [0.3, 0.4) is 0 Å². The molecule has 0 aromatic heterocycles. The first-order valence-corrected chi connectivity index (χ1v) is 9.21. The Morgan fingerprint density at radius 3 is 2.75 bits per heavy atom. The van der Waals surface area contributed by atoms with Crippen LogP contribution in [-0.2, 0) is 4.79 Å². The molecule has 0 saturated carbocycles. The van der Waals surface area contributed by atoms with Crippen LogP contribution in [0.15, 0.2) is 59.7 Å². The van der Waals surface area contributed by atoms with Gasteiger partial charge in [0.25, 0.3) is 5.91 Å². The van der Waals surface area contributed by atoms with Gasteiger partial charge in [-0.2, -0.15) is 5.10 Å². The SMILES string of the molecule is Cc1ccc(C(C)C)c(OCC(=O)N/N=C\c2ccc3ccccc3c2O)c1. The van der Waals surface area contributed by atoms with Gasteiger partial charge in [-0.1, -0.05) is 56.3 Å². The number of carbonyl (C=O) groups is 1. The van der Waals surface area contributed by atoms with Crippen molar-refractivity contribution in [1.29, 1.82) is 0 Å². The molecule has 0 aliphatic carbocycles. The number of nitrogens with one attached hydrogen (secondary N) is 1. The van der Waals surface area contributed by atoms with Crippen LogP contribution in [0.25, 0.3) is 10.8 Å². The van der Waals surface area contributed by atoms with E-state index in [2.05, 4.69) is 24.4 Å². The maximum Gasteiger partial charge on any atom is 0.277 e. The summed E-state index contributed by atoms with van der Waals surface area (Å²) in [4.78, 5) is 12.1. The molecule has 2 N–H and O–H groups in total. The highest BCUT2D eigenvalue weighted by atomic mass is 16.5. The third kappa shape index (κ3) is 4.49. The Balaban J connectivity index is 1.62. The van der Waals surface area contributed by atoms with E-state index in [0.717, 1.165) is 21.9 Å². The van der Waals surface area contributed by atoms with Gasteiger partial charge < -0.3 is 9.84 Å². The van der Waals surface area contributed by atoms with Crippen LogP contribution in [0.5, 0.6) is 11.5 Å². The summed E-state index contributed by atoms with van der Waals surface area (Å²) >= 11 is 0. The van der Waals surface area contributed by atoms with Gasteiger partial charge >= 0.3 is 0 Å². The number of carbonyl (C=O) groups excluding carboxylic acids is 1. The molecular weight excluding hydrogens is 352 g/mol. The molecule has 5 heteroatoms. The van der Waals surface area contributed by atoms with E-state index in [-0.39, 0.29) is 18.3 Å². The summed E-state index contributed by atoms with van der Waals surface area (Å²) in [5.41, 5.74) is 5.09. The maximum atomic E-state index is 12.1. The molecule has 0 radical (unpaired) electrons. The Labute approximate surface area is 164 Å². The number of aryl methyl sites for hydroxylation is 1. The van der Waals surface area contributed by atoms with Gasteiger partial charge in [-0.3, -0.25) is 4.79 Å². The molecule has 0 heterocycles. The number of amides is 1. The minimum absolute atomic E-state index is 0.133. The van der Waals surface area contributed by atoms with Gasteiger partial charge in [0.2, 0.25) is 0 Å². The normalized spacial score (nSPS) is 11.3. The minimum atomic E-state index is -0.368. The van der Waals surface area contributed by atoms with Gasteiger partial charge in [0.15, 0.2) is 6.61 Å². The molecule has 3 aromatic rings. The fraction of sp³-hybridized carbons (Fsp3) is 0.217. The van der Waals surface area contributed by atoms with Crippen LogP contribution >= 0.6 is 0 Å². The molecule has 0 saturated heterocycles. The molecule has 0 spiro atoms. The summed E-state index contributed by atoms with van der Waals surface area (Å²) in [6.07, 6.45) is 1.42. The van der Waals surface area contributed by atoms with E-state index in [9.17, 15) is 9.90 Å². The molecule has 3 aromatic carbocycles. The Morgan fingerprint density at radius 2 is 1.96 bits per heavy atom. The zero-order valence-corrected chi connectivity index (χ0v) is 16.3. The lowest BCUT2D eigenvalue weighted by Crippen LogP contribution is -2.25. The van der Waals surface area contributed by atoms with E-state index in [4.69, 9.17) is 4.74 Å². The van der Waals surface area contributed by atoms with Gasteiger partial charge in [-0.05, 0) is 41.5 Å². The standard InChI is InChI=1S/C23H24N2O3/c1-15(2)19-11-8-16(3)12-21(19)28-14-22(26)25-24-13-18-10-9-17-6-4-5-7-20(17)23(18)27/h4-13,15,27H,14H2,1-3H3,(H,25,26)/b24-13-. The Morgan fingerprint density at radius 1 is 1.18 bits per heavy atom. The molecule has 3 rings (SSSR count). The van der Waals surface area contributed by atoms with Crippen molar-refractivity contribution in [3.8, 4) is 11.5 Å². The first kappa shape index (κ1) is 19.4. The number of fused-ring (bicyclic) bond motifs is 1. The lowest BCUT2D eigenvalue weighted by Gasteiger charge is -2.14. The molecule has 0 aliphatic rings. The van der Waals surface area contributed by atoms with Gasteiger partial charge in [-0.15, -0.1) is 0 Å². The lowest BCUT2D eigenvalue weighted by molar-refractivity contribution is -0.123. The van der Waals surface area contributed by atoms with Crippen molar-refractivity contribution in [2.24, 2.45) is 5.10 Å². The summed E-state index contributed by atoms with van der Waals surface area (Å²) in [6, 6.07) is 17.2. The molecule has 0 fully saturated rings. The third-order valence-corrected chi connectivity index (χ3v) is 4.47. The number of benzene rings is 3. The van der Waals surface area contributed by atoms with Crippen molar-refractivity contribution >= 4 is 22.9 Å². The van der Waals surface area contributed by atoms with E-state index in [0.29, 0.717) is 17.2 Å². The average molecular weight is 376 g/mol. The summed E-state index contributed by atoms with van der Waals surface area (Å²) < 4.78 is 5.69. The smallest absolute Gasteiger partial charge is 0.277 e. The van der Waals surface area contributed by atoms with Gasteiger partial charge in [-0.25, -0.2) is 5.43 Å². The molecular formula is C23H24N2O3. The number of phenolic OH excluding ortho intramolecular Hbond substituents is 1. The van der Waals surface area contributed by atoms with Crippen LogP contribution in [0, 0.1) is 6.92 Å². The molecule has 144 valence electrons. The quantitative estimate of drug-likeness (QED) is 0.491. The van der Waals surface area contributed by atoms with E-state index >= 15 is 0 Å². The van der Waals surface area contributed by atoms with E-state index in [1.807, 2.05) is 55.5 Å². The molecule has 0 aliphatic heterocycles. The highest BCUT2D eigenvalue weighted by Crippen LogP contribution is 2.28. The molecule has 28 heavy (non-hydrogen) atoms. The highest BCUT2D eigenvalue weighted by Gasteiger charge is 2.10. The number of phenols is 1.